The van der Waals surface area contributed by atoms with Gasteiger partial charge in [-0.1, -0.05) is 17.7 Å². The van der Waals surface area contributed by atoms with Crippen LogP contribution in [0.4, 0.5) is 5.82 Å². The molecule has 6 heteroatoms. The monoisotopic (exact) mass is 323 g/mol. The van der Waals surface area contributed by atoms with E-state index in [1.54, 1.807) is 35.4 Å². The Labute approximate surface area is 133 Å². The zero-order valence-corrected chi connectivity index (χ0v) is 13.8. The molecule has 1 N–H and O–H groups in total. The molecule has 2 rings (SSSR count). The summed E-state index contributed by atoms with van der Waals surface area (Å²) in [4.78, 5) is 20.0. The van der Waals surface area contributed by atoms with Crippen LogP contribution in [0.5, 0.6) is 0 Å². The molecule has 0 aromatic carbocycles. The number of aromatic nitrogens is 1. The van der Waals surface area contributed by atoms with Crippen LogP contribution in [0.2, 0.25) is 5.02 Å². The van der Waals surface area contributed by atoms with Gasteiger partial charge >= 0.3 is 0 Å². The largest absolute Gasteiger partial charge is 0.373 e. The minimum atomic E-state index is -0.152. The number of hydrogen-bond donors (Lipinski definition) is 1. The molecule has 2 aromatic rings. The second-order valence-corrected chi connectivity index (χ2v) is 6.32. The number of amides is 1. The van der Waals surface area contributed by atoms with Crippen LogP contribution >= 0.6 is 22.9 Å². The Morgan fingerprint density at radius 3 is 2.76 bits per heavy atom. The number of nitrogens with zero attached hydrogens (tertiary/aromatic N) is 2. The summed E-state index contributed by atoms with van der Waals surface area (Å²) in [6.07, 6.45) is 0. The molecule has 0 saturated heterocycles. The lowest BCUT2D eigenvalue weighted by atomic mass is 10.2. The SMILES string of the molecule is CNc1ccc(Cl)c(C(=O)N(Cc2cccs2)C(C)C)n1. The van der Waals surface area contributed by atoms with E-state index in [0.717, 1.165) is 4.88 Å². The summed E-state index contributed by atoms with van der Waals surface area (Å²) in [7, 11) is 1.76. The Hall–Kier alpha value is -1.59. The van der Waals surface area contributed by atoms with Crippen LogP contribution in [-0.4, -0.2) is 28.9 Å². The molecule has 0 aliphatic heterocycles. The van der Waals surface area contributed by atoms with Gasteiger partial charge in [-0.25, -0.2) is 4.98 Å². The third-order valence-corrected chi connectivity index (χ3v) is 4.26. The van der Waals surface area contributed by atoms with Crippen LogP contribution in [0, 0.1) is 0 Å². The van der Waals surface area contributed by atoms with Gasteiger partial charge in [0, 0.05) is 18.0 Å². The van der Waals surface area contributed by atoms with E-state index >= 15 is 0 Å². The van der Waals surface area contributed by atoms with Gasteiger partial charge in [-0.3, -0.25) is 4.79 Å². The fraction of sp³-hybridized carbons (Fsp3) is 0.333. The third kappa shape index (κ3) is 3.74. The highest BCUT2D eigenvalue weighted by atomic mass is 35.5. The van der Waals surface area contributed by atoms with Gasteiger partial charge in [0.25, 0.3) is 5.91 Å². The van der Waals surface area contributed by atoms with Crippen LogP contribution < -0.4 is 5.32 Å². The van der Waals surface area contributed by atoms with Gasteiger partial charge in [-0.15, -0.1) is 11.3 Å². The molecule has 0 bridgehead atoms. The molecule has 0 aliphatic rings. The minimum absolute atomic E-state index is 0.0655. The van der Waals surface area contributed by atoms with E-state index in [2.05, 4.69) is 10.3 Å². The second kappa shape index (κ2) is 6.91. The van der Waals surface area contributed by atoms with Crippen molar-refractivity contribution in [3.63, 3.8) is 0 Å². The van der Waals surface area contributed by atoms with E-state index < -0.39 is 0 Å². The van der Waals surface area contributed by atoms with Crippen LogP contribution in [0.15, 0.2) is 29.6 Å². The summed E-state index contributed by atoms with van der Waals surface area (Å²) in [6, 6.07) is 7.51. The molecule has 0 fully saturated rings. The number of thiophene rings is 1. The first-order chi connectivity index (χ1) is 10.0. The molecule has 112 valence electrons. The van der Waals surface area contributed by atoms with E-state index in [-0.39, 0.29) is 17.6 Å². The number of anilines is 1. The van der Waals surface area contributed by atoms with Crippen LogP contribution in [0.3, 0.4) is 0 Å². The molecular formula is C15H18ClN3OS. The summed E-state index contributed by atoms with van der Waals surface area (Å²) in [5.74, 6) is 0.475. The molecular weight excluding hydrogens is 306 g/mol. The topological polar surface area (TPSA) is 45.2 Å². The number of nitrogens with one attached hydrogen (secondary N) is 1. The first-order valence-corrected chi connectivity index (χ1v) is 7.96. The fourth-order valence-corrected chi connectivity index (χ4v) is 2.82. The van der Waals surface area contributed by atoms with Gasteiger partial charge in [0.15, 0.2) is 0 Å². The maximum absolute atomic E-state index is 12.8. The molecule has 0 unspecified atom stereocenters. The quantitative estimate of drug-likeness (QED) is 0.908. The van der Waals surface area contributed by atoms with E-state index in [1.165, 1.54) is 0 Å². The molecule has 0 saturated carbocycles. The lowest BCUT2D eigenvalue weighted by Crippen LogP contribution is -2.36. The zero-order chi connectivity index (χ0) is 15.4. The van der Waals surface area contributed by atoms with Gasteiger partial charge < -0.3 is 10.2 Å². The normalized spacial score (nSPS) is 10.7. The number of pyridine rings is 1. The second-order valence-electron chi connectivity index (χ2n) is 4.88. The number of hydrogen-bond acceptors (Lipinski definition) is 4. The molecule has 0 aliphatic carbocycles. The maximum atomic E-state index is 12.8. The lowest BCUT2D eigenvalue weighted by Gasteiger charge is -2.26. The molecule has 0 radical (unpaired) electrons. The van der Waals surface area contributed by atoms with E-state index in [0.29, 0.717) is 17.4 Å². The first-order valence-electron chi connectivity index (χ1n) is 6.70. The van der Waals surface area contributed by atoms with Crippen molar-refractivity contribution in [3.8, 4) is 0 Å². The molecule has 2 heterocycles. The standard InChI is InChI=1S/C15H18ClN3OS/c1-10(2)19(9-11-5-4-8-21-11)15(20)14-12(16)6-7-13(17-3)18-14/h4-8,10H,9H2,1-3H3,(H,17,18). The van der Waals surface area contributed by atoms with E-state index in [1.807, 2.05) is 31.4 Å². The van der Waals surface area contributed by atoms with Crippen LogP contribution in [0.25, 0.3) is 0 Å². The van der Waals surface area contributed by atoms with Crippen molar-refractivity contribution in [2.45, 2.75) is 26.4 Å². The summed E-state index contributed by atoms with van der Waals surface area (Å²) in [5.41, 5.74) is 0.286. The van der Waals surface area contributed by atoms with Crippen molar-refractivity contribution in [1.82, 2.24) is 9.88 Å². The Morgan fingerprint density at radius 1 is 1.43 bits per heavy atom. The van der Waals surface area contributed by atoms with Gasteiger partial charge in [0.1, 0.15) is 11.5 Å². The Morgan fingerprint density at radius 2 is 2.19 bits per heavy atom. The molecule has 0 spiro atoms. The molecule has 0 atom stereocenters. The summed E-state index contributed by atoms with van der Waals surface area (Å²) < 4.78 is 0. The summed E-state index contributed by atoms with van der Waals surface area (Å²) in [5, 5.41) is 5.30. The van der Waals surface area contributed by atoms with Crippen molar-refractivity contribution in [2.24, 2.45) is 0 Å². The first kappa shape index (κ1) is 15.8. The summed E-state index contributed by atoms with van der Waals surface area (Å²) >= 11 is 7.78. The van der Waals surface area contributed by atoms with E-state index in [9.17, 15) is 4.79 Å². The zero-order valence-electron chi connectivity index (χ0n) is 12.3. The number of carbonyl (C=O) groups excluding carboxylic acids is 1. The minimum Gasteiger partial charge on any atom is -0.373 e. The van der Waals surface area contributed by atoms with Crippen LogP contribution in [-0.2, 0) is 6.54 Å². The van der Waals surface area contributed by atoms with E-state index in [4.69, 9.17) is 11.6 Å². The maximum Gasteiger partial charge on any atom is 0.274 e. The van der Waals surface area contributed by atoms with Crippen molar-refractivity contribution < 1.29 is 4.79 Å². The molecule has 2 aromatic heterocycles. The highest BCUT2D eigenvalue weighted by Gasteiger charge is 2.23. The average molecular weight is 324 g/mol. The Balaban J connectivity index is 2.30. The lowest BCUT2D eigenvalue weighted by molar-refractivity contribution is 0.0686. The highest BCUT2D eigenvalue weighted by Crippen LogP contribution is 2.21. The van der Waals surface area contributed by atoms with Gasteiger partial charge in [0.05, 0.1) is 11.6 Å². The predicted octanol–water partition coefficient (Wildman–Crippen LogP) is 3.89. The number of carbonyl (C=O) groups is 1. The fourth-order valence-electron chi connectivity index (χ4n) is 1.93. The number of rotatable bonds is 5. The van der Waals surface area contributed by atoms with Crippen molar-refractivity contribution in [1.29, 1.82) is 0 Å². The Bertz CT molecular complexity index is 613. The van der Waals surface area contributed by atoms with Gasteiger partial charge in [0.2, 0.25) is 0 Å². The molecule has 1 amide bonds. The predicted molar refractivity (Wildman–Crippen MR) is 88.1 cm³/mol. The molecule has 21 heavy (non-hydrogen) atoms. The van der Waals surface area contributed by atoms with Gasteiger partial charge in [-0.05, 0) is 37.4 Å². The van der Waals surface area contributed by atoms with Gasteiger partial charge in [-0.2, -0.15) is 0 Å². The Kier molecular flexibility index (Phi) is 5.20. The highest BCUT2D eigenvalue weighted by molar-refractivity contribution is 7.09. The average Bonchev–Trinajstić information content (AvgIpc) is 2.97. The van der Waals surface area contributed by atoms with Crippen molar-refractivity contribution >= 4 is 34.7 Å². The van der Waals surface area contributed by atoms with Crippen molar-refractivity contribution in [3.05, 3.63) is 45.2 Å². The van der Waals surface area contributed by atoms with Crippen molar-refractivity contribution in [2.75, 3.05) is 12.4 Å². The smallest absolute Gasteiger partial charge is 0.274 e. The molecule has 4 nitrogen and oxygen atoms in total. The van der Waals surface area contributed by atoms with Crippen LogP contribution in [0.1, 0.15) is 29.2 Å². The third-order valence-electron chi connectivity index (χ3n) is 3.10. The number of halogens is 1. The summed E-state index contributed by atoms with van der Waals surface area (Å²) in [6.45, 7) is 4.54.